The maximum absolute atomic E-state index is 12.6. The first kappa shape index (κ1) is 22.9. The summed E-state index contributed by atoms with van der Waals surface area (Å²) in [4.78, 5) is 17.3. The smallest absolute Gasteiger partial charge is 0.317 e. The summed E-state index contributed by atoms with van der Waals surface area (Å²) in [5, 5.41) is 3.60. The van der Waals surface area contributed by atoms with Crippen molar-refractivity contribution in [2.75, 3.05) is 44.2 Å². The largest absolute Gasteiger partial charge is 0.368 e. The standard InChI is InChI=1S/C20H27ClN4O3S2/c1-3-25(4-2)30(27,28)19-9-8-18(29-19)15-22-20(26)24-12-10-23(11-13-24)17-7-5-6-16(21)14-17/h5-9,14H,3-4,10-13,15H2,1-2H3,(H,22,26). The summed E-state index contributed by atoms with van der Waals surface area (Å²) >= 11 is 7.27. The molecule has 1 saturated heterocycles. The molecule has 1 fully saturated rings. The number of sulfonamides is 1. The maximum Gasteiger partial charge on any atom is 0.317 e. The molecule has 2 aromatic rings. The molecule has 1 aromatic carbocycles. The van der Waals surface area contributed by atoms with Gasteiger partial charge in [0.1, 0.15) is 4.21 Å². The van der Waals surface area contributed by atoms with Gasteiger partial charge in [-0.2, -0.15) is 4.31 Å². The predicted octanol–water partition coefficient (Wildman–Crippen LogP) is 3.46. The third kappa shape index (κ3) is 5.26. The van der Waals surface area contributed by atoms with E-state index in [-0.39, 0.29) is 6.03 Å². The molecule has 0 atom stereocenters. The van der Waals surface area contributed by atoms with Gasteiger partial charge in [-0.1, -0.05) is 31.5 Å². The van der Waals surface area contributed by atoms with E-state index in [4.69, 9.17) is 11.6 Å². The molecular formula is C20H27ClN4O3S2. The Morgan fingerprint density at radius 3 is 2.47 bits per heavy atom. The van der Waals surface area contributed by atoms with Crippen molar-refractivity contribution >= 4 is 44.7 Å². The summed E-state index contributed by atoms with van der Waals surface area (Å²) in [6, 6.07) is 11.0. The summed E-state index contributed by atoms with van der Waals surface area (Å²) in [6.45, 7) is 7.52. The van der Waals surface area contributed by atoms with Crippen molar-refractivity contribution in [3.05, 3.63) is 46.3 Å². The van der Waals surface area contributed by atoms with Gasteiger partial charge in [0.25, 0.3) is 10.0 Å². The van der Waals surface area contributed by atoms with Gasteiger partial charge < -0.3 is 15.1 Å². The first-order chi connectivity index (χ1) is 14.3. The fourth-order valence-corrected chi connectivity index (χ4v) is 6.49. The third-order valence-electron chi connectivity index (χ3n) is 5.09. The Kier molecular flexibility index (Phi) is 7.62. The summed E-state index contributed by atoms with van der Waals surface area (Å²) in [5.74, 6) is 0. The molecule has 1 aromatic heterocycles. The van der Waals surface area contributed by atoms with Crippen molar-refractivity contribution < 1.29 is 13.2 Å². The van der Waals surface area contributed by atoms with Gasteiger partial charge in [-0.15, -0.1) is 11.3 Å². The second kappa shape index (κ2) is 10.00. The van der Waals surface area contributed by atoms with Gasteiger partial charge >= 0.3 is 6.03 Å². The molecule has 0 unspecified atom stereocenters. The van der Waals surface area contributed by atoms with Crippen LogP contribution in [0.5, 0.6) is 0 Å². The van der Waals surface area contributed by atoms with Crippen LogP contribution in [0, 0.1) is 0 Å². The zero-order valence-electron chi connectivity index (χ0n) is 17.2. The first-order valence-electron chi connectivity index (χ1n) is 9.97. The highest BCUT2D eigenvalue weighted by Crippen LogP contribution is 2.25. The molecule has 0 saturated carbocycles. The lowest BCUT2D eigenvalue weighted by Gasteiger charge is -2.36. The quantitative estimate of drug-likeness (QED) is 0.672. The fraction of sp³-hybridized carbons (Fsp3) is 0.450. The molecule has 2 amide bonds. The van der Waals surface area contributed by atoms with Gasteiger partial charge in [-0.3, -0.25) is 0 Å². The molecule has 1 N–H and O–H groups in total. The number of urea groups is 1. The van der Waals surface area contributed by atoms with E-state index in [9.17, 15) is 13.2 Å². The number of thiophene rings is 1. The first-order valence-corrected chi connectivity index (χ1v) is 12.6. The highest BCUT2D eigenvalue weighted by molar-refractivity contribution is 7.91. The van der Waals surface area contributed by atoms with Crippen LogP contribution in [0.25, 0.3) is 0 Å². The second-order valence-electron chi connectivity index (χ2n) is 6.92. The van der Waals surface area contributed by atoms with Crippen LogP contribution >= 0.6 is 22.9 Å². The van der Waals surface area contributed by atoms with Gasteiger partial charge in [0.05, 0.1) is 6.54 Å². The Bertz CT molecular complexity index is 968. The summed E-state index contributed by atoms with van der Waals surface area (Å²) in [6.07, 6.45) is 0. The van der Waals surface area contributed by atoms with Gasteiger partial charge in [-0.05, 0) is 30.3 Å². The highest BCUT2D eigenvalue weighted by Gasteiger charge is 2.24. The summed E-state index contributed by atoms with van der Waals surface area (Å²) in [7, 11) is -3.46. The minimum Gasteiger partial charge on any atom is -0.368 e. The Morgan fingerprint density at radius 1 is 1.13 bits per heavy atom. The fourth-order valence-electron chi connectivity index (χ4n) is 3.40. The van der Waals surface area contributed by atoms with Crippen LogP contribution < -0.4 is 10.2 Å². The van der Waals surface area contributed by atoms with Gasteiger partial charge in [0.15, 0.2) is 0 Å². The maximum atomic E-state index is 12.6. The molecule has 2 heterocycles. The lowest BCUT2D eigenvalue weighted by Crippen LogP contribution is -2.51. The number of rotatable bonds is 7. The number of nitrogens with zero attached hydrogens (tertiary/aromatic N) is 3. The van der Waals surface area contributed by atoms with Crippen molar-refractivity contribution in [2.45, 2.75) is 24.6 Å². The van der Waals surface area contributed by atoms with Crippen molar-refractivity contribution in [1.82, 2.24) is 14.5 Å². The Labute approximate surface area is 187 Å². The normalized spacial score (nSPS) is 14.9. The topological polar surface area (TPSA) is 73.0 Å². The molecular weight excluding hydrogens is 444 g/mol. The minimum atomic E-state index is -3.46. The number of halogens is 1. The van der Waals surface area contributed by atoms with Crippen LogP contribution in [0.15, 0.2) is 40.6 Å². The van der Waals surface area contributed by atoms with Crippen LogP contribution in [0.2, 0.25) is 5.02 Å². The van der Waals surface area contributed by atoms with Crippen molar-refractivity contribution in [1.29, 1.82) is 0 Å². The summed E-state index contributed by atoms with van der Waals surface area (Å²) < 4.78 is 26.9. The van der Waals surface area contributed by atoms with Crippen LogP contribution in [-0.4, -0.2) is 62.9 Å². The van der Waals surface area contributed by atoms with Crippen molar-refractivity contribution in [2.24, 2.45) is 0 Å². The number of carbonyl (C=O) groups is 1. The monoisotopic (exact) mass is 470 g/mol. The zero-order chi connectivity index (χ0) is 21.7. The number of amides is 2. The lowest BCUT2D eigenvalue weighted by atomic mass is 10.2. The Morgan fingerprint density at radius 2 is 1.83 bits per heavy atom. The predicted molar refractivity (Wildman–Crippen MR) is 122 cm³/mol. The van der Waals surface area contributed by atoms with Crippen LogP contribution in [0.4, 0.5) is 10.5 Å². The lowest BCUT2D eigenvalue weighted by molar-refractivity contribution is 0.194. The van der Waals surface area contributed by atoms with E-state index < -0.39 is 10.0 Å². The molecule has 3 rings (SSSR count). The number of benzene rings is 1. The van der Waals surface area contributed by atoms with Crippen LogP contribution in [-0.2, 0) is 16.6 Å². The SMILES string of the molecule is CCN(CC)S(=O)(=O)c1ccc(CNC(=O)N2CCN(c3cccc(Cl)c3)CC2)s1. The van der Waals surface area contributed by atoms with E-state index in [1.165, 1.54) is 15.6 Å². The van der Waals surface area contributed by atoms with Gasteiger partial charge in [-0.25, -0.2) is 13.2 Å². The number of hydrogen-bond donors (Lipinski definition) is 1. The van der Waals surface area contributed by atoms with Gasteiger partial charge in [0.2, 0.25) is 0 Å². The molecule has 0 spiro atoms. The summed E-state index contributed by atoms with van der Waals surface area (Å²) in [5.41, 5.74) is 1.06. The Hall–Kier alpha value is -1.81. The molecule has 30 heavy (non-hydrogen) atoms. The highest BCUT2D eigenvalue weighted by atomic mass is 35.5. The van der Waals surface area contributed by atoms with E-state index in [0.717, 1.165) is 23.7 Å². The molecule has 164 valence electrons. The van der Waals surface area contributed by atoms with E-state index in [2.05, 4.69) is 10.2 Å². The number of carbonyl (C=O) groups excluding carboxylic acids is 1. The minimum absolute atomic E-state index is 0.137. The average Bonchev–Trinajstić information content (AvgIpc) is 3.23. The van der Waals surface area contributed by atoms with E-state index in [1.54, 1.807) is 17.0 Å². The Balaban J connectivity index is 1.52. The van der Waals surface area contributed by atoms with Crippen LogP contribution in [0.3, 0.4) is 0 Å². The number of piperazine rings is 1. The number of hydrogen-bond acceptors (Lipinski definition) is 5. The third-order valence-corrected chi connectivity index (χ3v) is 8.93. The number of anilines is 1. The molecule has 0 aliphatic carbocycles. The van der Waals surface area contributed by atoms with E-state index in [0.29, 0.717) is 42.0 Å². The average molecular weight is 471 g/mol. The zero-order valence-corrected chi connectivity index (χ0v) is 19.6. The van der Waals surface area contributed by atoms with E-state index >= 15 is 0 Å². The molecule has 0 bridgehead atoms. The van der Waals surface area contributed by atoms with Crippen molar-refractivity contribution in [3.63, 3.8) is 0 Å². The van der Waals surface area contributed by atoms with Crippen LogP contribution in [0.1, 0.15) is 18.7 Å². The number of nitrogens with one attached hydrogen (secondary N) is 1. The molecule has 0 radical (unpaired) electrons. The second-order valence-corrected chi connectivity index (χ2v) is 10.7. The molecule has 10 heteroatoms. The van der Waals surface area contributed by atoms with E-state index in [1.807, 2.05) is 38.1 Å². The molecule has 1 aliphatic heterocycles. The molecule has 1 aliphatic rings. The van der Waals surface area contributed by atoms with Crippen molar-refractivity contribution in [3.8, 4) is 0 Å². The molecule has 7 nitrogen and oxygen atoms in total. The van der Waals surface area contributed by atoms with Gasteiger partial charge in [0, 0.05) is 54.9 Å².